The molecule has 3 saturated heterocycles. The minimum absolute atomic E-state index is 0.0135. The van der Waals surface area contributed by atoms with Gasteiger partial charge in [-0.2, -0.15) is 10.2 Å². The molecular weight excluding hydrogens is 902 g/mol. The Hall–Kier alpha value is -7.20. The highest BCUT2D eigenvalue weighted by Crippen LogP contribution is 2.42. The zero-order valence-electron chi connectivity index (χ0n) is 36.8. The highest BCUT2D eigenvalue weighted by Gasteiger charge is 2.47. The molecule has 2 aromatic carbocycles. The van der Waals surface area contributed by atoms with Crippen molar-refractivity contribution in [2.45, 2.75) is 50.1 Å². The van der Waals surface area contributed by atoms with Crippen LogP contribution in [0.15, 0.2) is 72.8 Å². The van der Waals surface area contributed by atoms with Gasteiger partial charge in [-0.05, 0) is 49.1 Å². The second-order valence-electron chi connectivity index (χ2n) is 17.6. The first kappa shape index (κ1) is 43.4. The molecule has 0 saturated carbocycles. The van der Waals surface area contributed by atoms with E-state index < -0.39 is 36.3 Å². The summed E-state index contributed by atoms with van der Waals surface area (Å²) in [6.07, 6.45) is 8.52. The topological polar surface area (TPSA) is 185 Å². The number of aromatic nitrogens is 8. The number of nitrogens with one attached hydrogen (secondary N) is 2. The number of carbonyl (C=O) groups excluding carboxylic acids is 4. The smallest absolute Gasteiger partial charge is 0.329 e. The number of imidazole rings is 1. The van der Waals surface area contributed by atoms with Crippen LogP contribution in [-0.2, 0) is 34.4 Å². The van der Waals surface area contributed by atoms with Gasteiger partial charge in [0, 0.05) is 111 Å². The number of benzene rings is 2. The molecule has 2 atom stereocenters. The number of urea groups is 1. The number of thiazole rings is 1. The number of likely N-dealkylation sites (tertiary alicyclic amines) is 1. The molecule has 7 aromatic rings. The van der Waals surface area contributed by atoms with Crippen LogP contribution >= 0.6 is 11.3 Å². The number of halogens is 3. The number of hydrogen-bond donors (Lipinski definition) is 2. The first-order chi connectivity index (χ1) is 32.9. The quantitative estimate of drug-likeness (QED) is 0.185. The van der Waals surface area contributed by atoms with Crippen molar-refractivity contribution in [3.63, 3.8) is 0 Å². The summed E-state index contributed by atoms with van der Waals surface area (Å²) in [4.78, 5) is 71.6. The number of imide groups is 1. The van der Waals surface area contributed by atoms with Gasteiger partial charge in [-0.1, -0.05) is 18.2 Å². The van der Waals surface area contributed by atoms with Crippen LogP contribution in [0.5, 0.6) is 0 Å². The van der Waals surface area contributed by atoms with E-state index in [2.05, 4.69) is 40.7 Å². The molecule has 3 fully saturated rings. The predicted molar refractivity (Wildman–Crippen MR) is 246 cm³/mol. The summed E-state index contributed by atoms with van der Waals surface area (Å²) in [5.41, 5.74) is 3.48. The minimum Gasteiger partial charge on any atom is -0.354 e. The summed E-state index contributed by atoms with van der Waals surface area (Å²) in [6, 6.07) is 10.5. The van der Waals surface area contributed by atoms with E-state index in [0.717, 1.165) is 25.1 Å². The van der Waals surface area contributed by atoms with E-state index in [1.165, 1.54) is 25.8 Å². The van der Waals surface area contributed by atoms with Crippen molar-refractivity contribution in [3.05, 3.63) is 95.5 Å². The van der Waals surface area contributed by atoms with Crippen molar-refractivity contribution < 1.29 is 32.3 Å². The van der Waals surface area contributed by atoms with Gasteiger partial charge in [0.25, 0.3) is 11.8 Å². The van der Waals surface area contributed by atoms with E-state index >= 15 is 13.2 Å². The number of piperazine rings is 1. The fourth-order valence-electron chi connectivity index (χ4n) is 9.95. The molecule has 2 N–H and O–H groups in total. The van der Waals surface area contributed by atoms with E-state index in [4.69, 9.17) is 0 Å². The van der Waals surface area contributed by atoms with E-state index in [9.17, 15) is 19.2 Å². The Bertz CT molecular complexity index is 3110. The molecule has 5 aromatic heterocycles. The molecule has 4 aliphatic rings. The number of piperidine rings is 1. The summed E-state index contributed by atoms with van der Waals surface area (Å²) in [6.45, 7) is 2.60. The van der Waals surface area contributed by atoms with Gasteiger partial charge in [-0.25, -0.2) is 32.9 Å². The number of fused-ring (bicyclic) bond motifs is 3. The molecule has 4 aliphatic heterocycles. The summed E-state index contributed by atoms with van der Waals surface area (Å²) < 4.78 is 53.2. The minimum atomic E-state index is -3.19. The largest absolute Gasteiger partial charge is 0.354 e. The Kier molecular flexibility index (Phi) is 10.9. The van der Waals surface area contributed by atoms with Gasteiger partial charge in [-0.15, -0.1) is 11.3 Å². The van der Waals surface area contributed by atoms with Crippen LogP contribution in [0.4, 0.5) is 34.7 Å². The number of carbonyl (C=O) groups is 4. The molecular formula is C46H45F3N14O4S. The van der Waals surface area contributed by atoms with Gasteiger partial charge < -0.3 is 14.4 Å². The maximum atomic E-state index is 16.4. The first-order valence-electron chi connectivity index (χ1n) is 22.5. The summed E-state index contributed by atoms with van der Waals surface area (Å²) in [5, 5.41) is 17.6. The molecule has 68 heavy (non-hydrogen) atoms. The predicted octanol–water partition coefficient (Wildman–Crippen LogP) is 5.17. The van der Waals surface area contributed by atoms with Crippen LogP contribution in [0, 0.1) is 5.82 Å². The molecule has 11 rings (SSSR count). The van der Waals surface area contributed by atoms with E-state index in [1.807, 2.05) is 15.5 Å². The van der Waals surface area contributed by atoms with Crippen LogP contribution < -0.4 is 20.4 Å². The molecule has 22 heteroatoms. The molecule has 0 aliphatic carbocycles. The van der Waals surface area contributed by atoms with Crippen LogP contribution in [0.3, 0.4) is 0 Å². The number of anilines is 3. The van der Waals surface area contributed by atoms with Gasteiger partial charge in [0.1, 0.15) is 11.3 Å². The Morgan fingerprint density at radius 3 is 2.59 bits per heavy atom. The highest BCUT2D eigenvalue weighted by molar-refractivity contribution is 7.13. The number of rotatable bonds is 10. The molecule has 0 radical (unpaired) electrons. The number of aryl methyl sites for hydroxylation is 2. The Morgan fingerprint density at radius 1 is 0.971 bits per heavy atom. The highest BCUT2D eigenvalue weighted by atomic mass is 32.1. The molecule has 0 spiro atoms. The van der Waals surface area contributed by atoms with Gasteiger partial charge >= 0.3 is 6.03 Å². The third-order valence-electron chi connectivity index (χ3n) is 13.5. The Morgan fingerprint density at radius 2 is 1.82 bits per heavy atom. The molecule has 2 unspecified atom stereocenters. The van der Waals surface area contributed by atoms with E-state index in [1.54, 1.807) is 78.4 Å². The standard InChI is InChI=1S/C46H45F3N14O4S/c1-57-34-21-27(4-8-31(34)42(56-57)62-15-11-36(64)53-45(62)67)32-10-14-60(25-46(32,48)49)37(65)24-58-16-18-59(19-17-58)35-9-6-28(22-51-35)30-7-5-29-23-63(55-39(29)38(30)47)41(43(66)54-44-50-12-20-68-44)40-33-3-2-13-61(33)26-52-40/h4-9,12,20-23,26,32,41H,2-3,10-11,13-19,24-25H2,1H3,(H,50,54,66)(H,53,64,67). The van der Waals surface area contributed by atoms with Gasteiger partial charge in [0.15, 0.2) is 22.8 Å². The van der Waals surface area contributed by atoms with Crippen molar-refractivity contribution in [2.75, 3.05) is 67.5 Å². The zero-order chi connectivity index (χ0) is 46.8. The SMILES string of the molecule is Cn1nc(N2CCC(=O)NC2=O)c2ccc(C3CCN(C(=O)CN4CCN(c5ccc(-c6ccc7cn(C(C(=O)Nc8nccs8)c8ncn9c8CCC9)nc7c6F)cn5)CC4)CC3(F)F)cc21. The number of nitrogens with zero attached hydrogens (tertiary/aromatic N) is 12. The lowest BCUT2D eigenvalue weighted by Gasteiger charge is -2.40. The van der Waals surface area contributed by atoms with Crippen LogP contribution in [0.2, 0.25) is 0 Å². The normalized spacial score (nSPS) is 19.2. The molecule has 0 bridgehead atoms. The lowest BCUT2D eigenvalue weighted by molar-refractivity contribution is -0.145. The van der Waals surface area contributed by atoms with Crippen molar-refractivity contribution in [1.82, 2.24) is 54.2 Å². The number of alkyl halides is 2. The lowest BCUT2D eigenvalue weighted by Crippen LogP contribution is -2.54. The van der Waals surface area contributed by atoms with Gasteiger partial charge in [0.2, 0.25) is 11.8 Å². The van der Waals surface area contributed by atoms with Crippen LogP contribution in [0.1, 0.15) is 48.2 Å². The van der Waals surface area contributed by atoms with Crippen molar-refractivity contribution in [2.24, 2.45) is 7.05 Å². The average Bonchev–Trinajstić information content (AvgIpc) is 4.19. The third kappa shape index (κ3) is 7.89. The first-order valence-corrected chi connectivity index (χ1v) is 23.4. The van der Waals surface area contributed by atoms with Crippen LogP contribution in [0.25, 0.3) is 32.9 Å². The van der Waals surface area contributed by atoms with Gasteiger partial charge in [0.05, 0.1) is 36.5 Å². The van der Waals surface area contributed by atoms with Crippen LogP contribution in [-0.4, -0.2) is 131 Å². The zero-order valence-corrected chi connectivity index (χ0v) is 37.6. The average molecular weight is 947 g/mol. The maximum Gasteiger partial charge on any atom is 0.329 e. The molecule has 5 amide bonds. The molecule has 9 heterocycles. The lowest BCUT2D eigenvalue weighted by atomic mass is 9.85. The number of amides is 5. The Balaban J connectivity index is 0.713. The Labute approximate surface area is 390 Å². The summed E-state index contributed by atoms with van der Waals surface area (Å²) in [5.74, 6) is -4.91. The second-order valence-corrected chi connectivity index (χ2v) is 18.5. The van der Waals surface area contributed by atoms with E-state index in [-0.39, 0.29) is 55.7 Å². The van der Waals surface area contributed by atoms with Crippen molar-refractivity contribution >= 4 is 73.7 Å². The monoisotopic (exact) mass is 946 g/mol. The van der Waals surface area contributed by atoms with Crippen molar-refractivity contribution in [3.8, 4) is 11.1 Å². The van der Waals surface area contributed by atoms with E-state index in [0.29, 0.717) is 81.6 Å². The van der Waals surface area contributed by atoms with Crippen molar-refractivity contribution in [1.29, 1.82) is 0 Å². The number of pyridine rings is 1. The third-order valence-corrected chi connectivity index (χ3v) is 14.2. The molecule has 18 nitrogen and oxygen atoms in total. The second kappa shape index (κ2) is 17.1. The maximum absolute atomic E-state index is 16.4. The number of hydrogen-bond acceptors (Lipinski definition) is 12. The summed E-state index contributed by atoms with van der Waals surface area (Å²) in [7, 11) is 1.68. The fraction of sp³-hybridized carbons (Fsp3) is 0.370. The fourth-order valence-corrected chi connectivity index (χ4v) is 10.5. The summed E-state index contributed by atoms with van der Waals surface area (Å²) >= 11 is 1.30. The molecule has 350 valence electrons. The van der Waals surface area contributed by atoms with Gasteiger partial charge in [-0.3, -0.25) is 44.2 Å².